The van der Waals surface area contributed by atoms with Gasteiger partial charge in [-0.25, -0.2) is 4.79 Å². The molecule has 3 nitrogen and oxygen atoms in total. The lowest BCUT2D eigenvalue weighted by Crippen LogP contribution is -2.33. The van der Waals surface area contributed by atoms with Crippen LogP contribution in [-0.2, 0) is 6.42 Å². The molecule has 0 fully saturated rings. The average Bonchev–Trinajstić information content (AvgIpc) is 2.29. The highest BCUT2D eigenvalue weighted by Gasteiger charge is 1.99. The molecule has 16 heavy (non-hydrogen) atoms. The molecule has 0 radical (unpaired) electrons. The summed E-state index contributed by atoms with van der Waals surface area (Å²) in [4.78, 5) is 11.2. The summed E-state index contributed by atoms with van der Waals surface area (Å²) >= 11 is 3.47. The van der Waals surface area contributed by atoms with Crippen LogP contribution < -0.4 is 10.6 Å². The lowest BCUT2D eigenvalue weighted by atomic mass is 10.1. The van der Waals surface area contributed by atoms with Crippen molar-refractivity contribution < 1.29 is 4.79 Å². The molecule has 4 heteroatoms. The Bertz CT molecular complexity index is 377. The first-order valence-electron chi connectivity index (χ1n) is 5.13. The standard InChI is InChI=1S/C12H15BrN2O/c1-2-8-14-12(16)15-9-7-10-5-3-4-6-11(10)13/h2-6,8H,7,9H2,1H3,(H2,14,15,16)/b8-2+. The van der Waals surface area contributed by atoms with Gasteiger partial charge in [-0.05, 0) is 25.0 Å². The van der Waals surface area contributed by atoms with Gasteiger partial charge in [0.1, 0.15) is 0 Å². The third-order valence-electron chi connectivity index (χ3n) is 2.02. The first-order valence-corrected chi connectivity index (χ1v) is 5.92. The number of carbonyl (C=O) groups is 1. The number of nitrogens with one attached hydrogen (secondary N) is 2. The lowest BCUT2D eigenvalue weighted by molar-refractivity contribution is 0.244. The van der Waals surface area contributed by atoms with Crippen LogP contribution in [-0.4, -0.2) is 12.6 Å². The zero-order valence-electron chi connectivity index (χ0n) is 9.16. The Kier molecular flexibility index (Phi) is 5.64. The smallest absolute Gasteiger partial charge is 0.318 e. The molecule has 0 heterocycles. The van der Waals surface area contributed by atoms with E-state index in [9.17, 15) is 4.79 Å². The molecular formula is C12H15BrN2O. The summed E-state index contributed by atoms with van der Waals surface area (Å²) in [7, 11) is 0. The summed E-state index contributed by atoms with van der Waals surface area (Å²) in [6, 6.07) is 7.81. The minimum absolute atomic E-state index is 0.176. The number of benzene rings is 1. The zero-order valence-corrected chi connectivity index (χ0v) is 10.8. The van der Waals surface area contributed by atoms with E-state index in [2.05, 4.69) is 26.6 Å². The number of carbonyl (C=O) groups excluding carboxylic acids is 1. The summed E-state index contributed by atoms with van der Waals surface area (Å²) < 4.78 is 1.07. The minimum atomic E-state index is -0.176. The quantitative estimate of drug-likeness (QED) is 0.876. The molecule has 1 rings (SSSR count). The molecule has 0 aliphatic rings. The van der Waals surface area contributed by atoms with Crippen molar-refractivity contribution >= 4 is 22.0 Å². The predicted octanol–water partition coefficient (Wildman–Crippen LogP) is 2.82. The summed E-state index contributed by atoms with van der Waals surface area (Å²) in [5, 5.41) is 5.36. The highest BCUT2D eigenvalue weighted by molar-refractivity contribution is 9.10. The third kappa shape index (κ3) is 4.49. The van der Waals surface area contributed by atoms with Crippen LogP contribution in [0.3, 0.4) is 0 Å². The van der Waals surface area contributed by atoms with Crippen LogP contribution in [0.1, 0.15) is 12.5 Å². The minimum Gasteiger partial charge on any atom is -0.338 e. The van der Waals surface area contributed by atoms with Crippen molar-refractivity contribution in [2.45, 2.75) is 13.3 Å². The second kappa shape index (κ2) is 7.06. The number of allylic oxidation sites excluding steroid dienone is 1. The summed E-state index contributed by atoms with van der Waals surface area (Å²) in [5.41, 5.74) is 1.19. The van der Waals surface area contributed by atoms with Gasteiger partial charge >= 0.3 is 6.03 Å². The highest BCUT2D eigenvalue weighted by Crippen LogP contribution is 2.15. The van der Waals surface area contributed by atoms with Crippen LogP contribution >= 0.6 is 15.9 Å². The van der Waals surface area contributed by atoms with Gasteiger partial charge in [-0.15, -0.1) is 0 Å². The van der Waals surface area contributed by atoms with Crippen LogP contribution in [0, 0.1) is 0 Å². The Hall–Kier alpha value is -1.29. The van der Waals surface area contributed by atoms with Crippen molar-refractivity contribution in [1.29, 1.82) is 0 Å². The molecule has 1 aromatic carbocycles. The van der Waals surface area contributed by atoms with Gasteiger partial charge in [-0.1, -0.05) is 40.2 Å². The van der Waals surface area contributed by atoms with Gasteiger partial charge in [0.05, 0.1) is 0 Å². The van der Waals surface area contributed by atoms with Gasteiger partial charge < -0.3 is 10.6 Å². The van der Waals surface area contributed by atoms with Gasteiger partial charge in [-0.3, -0.25) is 0 Å². The van der Waals surface area contributed by atoms with Gasteiger partial charge in [0.2, 0.25) is 0 Å². The molecule has 0 aromatic heterocycles. The fourth-order valence-electron chi connectivity index (χ4n) is 1.22. The average molecular weight is 283 g/mol. The largest absolute Gasteiger partial charge is 0.338 e. The van der Waals surface area contributed by atoms with Crippen LogP contribution in [0.15, 0.2) is 41.0 Å². The number of amides is 2. The second-order valence-corrected chi connectivity index (χ2v) is 4.10. The molecule has 0 aliphatic heterocycles. The van der Waals surface area contributed by atoms with E-state index in [0.29, 0.717) is 6.54 Å². The molecule has 0 unspecified atom stereocenters. The summed E-state index contributed by atoms with van der Waals surface area (Å²) in [6.45, 7) is 2.47. The Morgan fingerprint density at radius 3 is 2.88 bits per heavy atom. The SMILES string of the molecule is C/C=C/NC(=O)NCCc1ccccc1Br. The van der Waals surface area contributed by atoms with Crippen LogP contribution in [0.25, 0.3) is 0 Å². The van der Waals surface area contributed by atoms with E-state index in [1.807, 2.05) is 31.2 Å². The predicted molar refractivity (Wildman–Crippen MR) is 69.2 cm³/mol. The number of hydrogen-bond acceptors (Lipinski definition) is 1. The second-order valence-electron chi connectivity index (χ2n) is 3.24. The molecule has 0 bridgehead atoms. The van der Waals surface area contributed by atoms with Gasteiger partial charge in [0.15, 0.2) is 0 Å². The van der Waals surface area contributed by atoms with E-state index >= 15 is 0 Å². The Labute approximate surface area is 104 Å². The number of halogens is 1. The summed E-state index contributed by atoms with van der Waals surface area (Å²) in [6.07, 6.45) is 4.19. The molecule has 2 N–H and O–H groups in total. The molecule has 0 atom stereocenters. The highest BCUT2D eigenvalue weighted by atomic mass is 79.9. The Morgan fingerprint density at radius 1 is 1.44 bits per heavy atom. The zero-order chi connectivity index (χ0) is 11.8. The van der Waals surface area contributed by atoms with Crippen molar-refractivity contribution in [3.05, 3.63) is 46.6 Å². The Balaban J connectivity index is 2.31. The maximum absolute atomic E-state index is 11.2. The molecular weight excluding hydrogens is 268 g/mol. The maximum Gasteiger partial charge on any atom is 0.318 e. The fourth-order valence-corrected chi connectivity index (χ4v) is 1.70. The molecule has 0 saturated heterocycles. The van der Waals surface area contributed by atoms with E-state index in [-0.39, 0.29) is 6.03 Å². The normalized spacial score (nSPS) is 10.4. The van der Waals surface area contributed by atoms with Crippen LogP contribution in [0.4, 0.5) is 4.79 Å². The lowest BCUT2D eigenvalue weighted by Gasteiger charge is -2.06. The molecule has 86 valence electrons. The number of rotatable bonds is 4. The van der Waals surface area contributed by atoms with Crippen molar-refractivity contribution in [3.8, 4) is 0 Å². The van der Waals surface area contributed by atoms with Crippen molar-refractivity contribution in [1.82, 2.24) is 10.6 Å². The Morgan fingerprint density at radius 2 is 2.19 bits per heavy atom. The van der Waals surface area contributed by atoms with E-state index in [1.54, 1.807) is 12.3 Å². The number of urea groups is 1. The molecule has 0 saturated carbocycles. The third-order valence-corrected chi connectivity index (χ3v) is 2.79. The fraction of sp³-hybridized carbons (Fsp3) is 0.250. The van der Waals surface area contributed by atoms with E-state index in [1.165, 1.54) is 5.56 Å². The van der Waals surface area contributed by atoms with E-state index in [4.69, 9.17) is 0 Å². The topological polar surface area (TPSA) is 41.1 Å². The first kappa shape index (κ1) is 12.8. The van der Waals surface area contributed by atoms with Crippen molar-refractivity contribution in [3.63, 3.8) is 0 Å². The molecule has 0 aliphatic carbocycles. The molecule has 1 aromatic rings. The van der Waals surface area contributed by atoms with E-state index < -0.39 is 0 Å². The van der Waals surface area contributed by atoms with Crippen molar-refractivity contribution in [2.75, 3.05) is 6.54 Å². The maximum atomic E-state index is 11.2. The number of hydrogen-bond donors (Lipinski definition) is 2. The van der Waals surface area contributed by atoms with Gasteiger partial charge in [0, 0.05) is 17.2 Å². The van der Waals surface area contributed by atoms with E-state index in [0.717, 1.165) is 10.9 Å². The molecule has 0 spiro atoms. The van der Waals surface area contributed by atoms with Gasteiger partial charge in [-0.2, -0.15) is 0 Å². The van der Waals surface area contributed by atoms with Crippen LogP contribution in [0.2, 0.25) is 0 Å². The monoisotopic (exact) mass is 282 g/mol. The van der Waals surface area contributed by atoms with Crippen molar-refractivity contribution in [2.24, 2.45) is 0 Å². The van der Waals surface area contributed by atoms with Gasteiger partial charge in [0.25, 0.3) is 0 Å². The summed E-state index contributed by atoms with van der Waals surface area (Å²) in [5.74, 6) is 0. The molecule has 2 amide bonds. The first-order chi connectivity index (χ1) is 7.74. The van der Waals surface area contributed by atoms with Crippen LogP contribution in [0.5, 0.6) is 0 Å².